The topological polar surface area (TPSA) is 59.2 Å². The number of aromatic nitrogens is 2. The third-order valence-electron chi connectivity index (χ3n) is 6.00. The number of benzene rings is 2. The van der Waals surface area contributed by atoms with Crippen molar-refractivity contribution in [1.82, 2.24) is 15.0 Å². The van der Waals surface area contributed by atoms with Gasteiger partial charge in [0, 0.05) is 19.4 Å². The van der Waals surface area contributed by atoms with Crippen LogP contribution in [0.2, 0.25) is 0 Å². The molecule has 0 saturated heterocycles. The SMILES string of the molecule is O=C(CCCc1nc(-c2cccs2)no1)N1CCc2ccccc2[C@@H]1Cc1ccccc1. The number of carbonyl (C=O) groups excluding carboxylic acids is 1. The zero-order chi connectivity index (χ0) is 21.8. The molecule has 4 aromatic rings. The van der Waals surface area contributed by atoms with E-state index in [9.17, 15) is 4.79 Å². The predicted octanol–water partition coefficient (Wildman–Crippen LogP) is 5.49. The van der Waals surface area contributed by atoms with E-state index < -0.39 is 0 Å². The molecule has 1 atom stereocenters. The largest absolute Gasteiger partial charge is 0.339 e. The lowest BCUT2D eigenvalue weighted by atomic mass is 9.88. The first-order valence-corrected chi connectivity index (χ1v) is 11.9. The molecule has 2 aromatic carbocycles. The van der Waals surface area contributed by atoms with Crippen molar-refractivity contribution < 1.29 is 9.32 Å². The van der Waals surface area contributed by atoms with Gasteiger partial charge in [-0.15, -0.1) is 11.3 Å². The van der Waals surface area contributed by atoms with Crippen molar-refractivity contribution in [3.05, 3.63) is 94.7 Å². The minimum atomic E-state index is 0.0729. The summed E-state index contributed by atoms with van der Waals surface area (Å²) < 4.78 is 5.38. The third kappa shape index (κ3) is 4.50. The zero-order valence-electron chi connectivity index (χ0n) is 17.8. The van der Waals surface area contributed by atoms with Gasteiger partial charge < -0.3 is 9.42 Å². The summed E-state index contributed by atoms with van der Waals surface area (Å²) in [5, 5.41) is 6.05. The molecule has 0 aliphatic carbocycles. The van der Waals surface area contributed by atoms with Crippen molar-refractivity contribution in [3.63, 3.8) is 0 Å². The molecular formula is C26H25N3O2S. The van der Waals surface area contributed by atoms with E-state index in [-0.39, 0.29) is 11.9 Å². The standard InChI is InChI=1S/C26H25N3O2S/c30-25(14-6-13-24-27-26(28-31-24)23-12-7-17-32-23)29-16-15-20-10-4-5-11-21(20)22(29)18-19-8-2-1-3-9-19/h1-5,7-12,17,22H,6,13-16,18H2/t22-/m0/s1. The summed E-state index contributed by atoms with van der Waals surface area (Å²) in [6.45, 7) is 0.760. The average Bonchev–Trinajstić information content (AvgIpc) is 3.52. The van der Waals surface area contributed by atoms with Crippen molar-refractivity contribution in [1.29, 1.82) is 0 Å². The minimum absolute atomic E-state index is 0.0729. The summed E-state index contributed by atoms with van der Waals surface area (Å²) in [6, 6.07) is 23.0. The van der Waals surface area contributed by atoms with Crippen molar-refractivity contribution in [2.45, 2.75) is 38.1 Å². The Morgan fingerprint density at radius 2 is 1.91 bits per heavy atom. The van der Waals surface area contributed by atoms with Crippen LogP contribution in [0, 0.1) is 0 Å². The Morgan fingerprint density at radius 3 is 2.75 bits per heavy atom. The molecule has 0 fully saturated rings. The zero-order valence-corrected chi connectivity index (χ0v) is 18.6. The minimum Gasteiger partial charge on any atom is -0.339 e. The Morgan fingerprint density at radius 1 is 1.06 bits per heavy atom. The molecule has 5 nitrogen and oxygen atoms in total. The van der Waals surface area contributed by atoms with Crippen molar-refractivity contribution in [3.8, 4) is 10.7 Å². The number of rotatable bonds is 7. The fourth-order valence-electron chi connectivity index (χ4n) is 4.40. The van der Waals surface area contributed by atoms with E-state index in [0.717, 1.165) is 24.3 Å². The second-order valence-corrected chi connectivity index (χ2v) is 9.03. The highest BCUT2D eigenvalue weighted by atomic mass is 32.1. The van der Waals surface area contributed by atoms with Gasteiger partial charge in [0.15, 0.2) is 0 Å². The van der Waals surface area contributed by atoms with Gasteiger partial charge in [-0.2, -0.15) is 4.98 Å². The molecule has 0 unspecified atom stereocenters. The number of nitrogens with zero attached hydrogens (tertiary/aromatic N) is 3. The monoisotopic (exact) mass is 443 g/mol. The molecule has 6 heteroatoms. The van der Waals surface area contributed by atoms with E-state index in [0.29, 0.717) is 31.0 Å². The lowest BCUT2D eigenvalue weighted by molar-refractivity contribution is -0.134. The summed E-state index contributed by atoms with van der Waals surface area (Å²) in [7, 11) is 0. The van der Waals surface area contributed by atoms with Gasteiger partial charge in [0.1, 0.15) is 0 Å². The van der Waals surface area contributed by atoms with E-state index in [1.54, 1.807) is 11.3 Å². The smallest absolute Gasteiger partial charge is 0.226 e. The van der Waals surface area contributed by atoms with Gasteiger partial charge in [-0.05, 0) is 47.4 Å². The predicted molar refractivity (Wildman–Crippen MR) is 125 cm³/mol. The molecule has 0 spiro atoms. The molecule has 1 aliphatic heterocycles. The molecule has 0 bridgehead atoms. The summed E-state index contributed by atoms with van der Waals surface area (Å²) in [5.74, 6) is 1.40. The maximum atomic E-state index is 13.3. The molecule has 1 amide bonds. The van der Waals surface area contributed by atoms with Crippen LogP contribution in [0.5, 0.6) is 0 Å². The number of aryl methyl sites for hydroxylation is 1. The molecule has 0 radical (unpaired) electrons. The molecule has 0 N–H and O–H groups in total. The molecule has 2 aromatic heterocycles. The van der Waals surface area contributed by atoms with Crippen LogP contribution in [0.25, 0.3) is 10.7 Å². The fourth-order valence-corrected chi connectivity index (χ4v) is 5.05. The van der Waals surface area contributed by atoms with Gasteiger partial charge in [-0.1, -0.05) is 65.8 Å². The van der Waals surface area contributed by atoms with Crippen molar-refractivity contribution in [2.24, 2.45) is 0 Å². The first-order valence-electron chi connectivity index (χ1n) is 11.1. The Labute approximate surface area is 191 Å². The number of hydrogen-bond donors (Lipinski definition) is 0. The van der Waals surface area contributed by atoms with Crippen LogP contribution in [-0.2, 0) is 24.1 Å². The molecule has 5 rings (SSSR count). The van der Waals surface area contributed by atoms with Crippen LogP contribution in [0.1, 0.15) is 41.5 Å². The number of hydrogen-bond acceptors (Lipinski definition) is 5. The summed E-state index contributed by atoms with van der Waals surface area (Å²) in [4.78, 5) is 20.8. The van der Waals surface area contributed by atoms with Crippen molar-refractivity contribution in [2.75, 3.05) is 6.54 Å². The second-order valence-electron chi connectivity index (χ2n) is 8.08. The van der Waals surface area contributed by atoms with Gasteiger partial charge in [0.25, 0.3) is 0 Å². The fraction of sp³-hybridized carbons (Fsp3) is 0.269. The highest BCUT2D eigenvalue weighted by Gasteiger charge is 2.30. The van der Waals surface area contributed by atoms with E-state index in [1.165, 1.54) is 16.7 Å². The van der Waals surface area contributed by atoms with Gasteiger partial charge in [0.2, 0.25) is 17.6 Å². The van der Waals surface area contributed by atoms with Crippen LogP contribution in [0.4, 0.5) is 0 Å². The van der Waals surface area contributed by atoms with E-state index in [1.807, 2.05) is 23.6 Å². The lowest BCUT2D eigenvalue weighted by Gasteiger charge is -2.38. The van der Waals surface area contributed by atoms with Gasteiger partial charge in [-0.3, -0.25) is 4.79 Å². The third-order valence-corrected chi connectivity index (χ3v) is 6.86. The normalized spacial score (nSPS) is 15.5. The first kappa shape index (κ1) is 20.6. The Kier molecular flexibility index (Phi) is 6.12. The van der Waals surface area contributed by atoms with Gasteiger partial charge >= 0.3 is 0 Å². The van der Waals surface area contributed by atoms with E-state index in [2.05, 4.69) is 63.6 Å². The van der Waals surface area contributed by atoms with Crippen molar-refractivity contribution >= 4 is 17.2 Å². The van der Waals surface area contributed by atoms with Gasteiger partial charge in [0.05, 0.1) is 10.9 Å². The Hall–Kier alpha value is -3.25. The number of carbonyl (C=O) groups is 1. The summed E-state index contributed by atoms with van der Waals surface area (Å²) >= 11 is 1.59. The number of amides is 1. The average molecular weight is 444 g/mol. The van der Waals surface area contributed by atoms with Crippen LogP contribution in [0.3, 0.4) is 0 Å². The van der Waals surface area contributed by atoms with E-state index >= 15 is 0 Å². The Balaban J connectivity index is 1.25. The van der Waals surface area contributed by atoms with Crippen LogP contribution < -0.4 is 0 Å². The molecule has 1 aliphatic rings. The lowest BCUT2D eigenvalue weighted by Crippen LogP contribution is -2.41. The maximum Gasteiger partial charge on any atom is 0.226 e. The van der Waals surface area contributed by atoms with Crippen LogP contribution >= 0.6 is 11.3 Å². The summed E-state index contributed by atoms with van der Waals surface area (Å²) in [6.07, 6.45) is 3.52. The quantitative estimate of drug-likeness (QED) is 0.379. The molecule has 3 heterocycles. The summed E-state index contributed by atoms with van der Waals surface area (Å²) in [5.41, 5.74) is 3.87. The van der Waals surface area contributed by atoms with Gasteiger partial charge in [-0.25, -0.2) is 0 Å². The second kappa shape index (κ2) is 9.49. The molecule has 0 saturated carbocycles. The molecule has 32 heavy (non-hydrogen) atoms. The number of thiophene rings is 1. The Bertz CT molecular complexity index is 1170. The highest BCUT2D eigenvalue weighted by Crippen LogP contribution is 2.33. The van der Waals surface area contributed by atoms with Crippen LogP contribution in [-0.4, -0.2) is 27.5 Å². The van der Waals surface area contributed by atoms with E-state index in [4.69, 9.17) is 4.52 Å². The van der Waals surface area contributed by atoms with Crippen LogP contribution in [0.15, 0.2) is 76.6 Å². The molecule has 162 valence electrons. The first-order chi connectivity index (χ1) is 15.8. The maximum absolute atomic E-state index is 13.3. The number of fused-ring (bicyclic) bond motifs is 1. The molecular weight excluding hydrogens is 418 g/mol. The highest BCUT2D eigenvalue weighted by molar-refractivity contribution is 7.13.